The van der Waals surface area contributed by atoms with Crippen LogP contribution in [-0.4, -0.2) is 0 Å². The second-order valence-electron chi connectivity index (χ2n) is 15.0. The fraction of sp³-hybridized carbons (Fsp3) is 0.250. The Morgan fingerprint density at radius 1 is 0.250 bits per heavy atom. The zero-order valence-corrected chi connectivity index (χ0v) is 38.5. The van der Waals surface area contributed by atoms with E-state index in [-0.39, 0.29) is 0 Å². The number of anilines is 6. The zero-order valence-electron chi connectivity index (χ0n) is 35.8. The smallest absolute Gasteiger partial charge is 0.268 e. The van der Waals surface area contributed by atoms with Crippen molar-refractivity contribution in [3.05, 3.63) is 179 Å². The predicted molar refractivity (Wildman–Crippen MR) is 265 cm³/mol. The van der Waals surface area contributed by atoms with Gasteiger partial charge in [-0.1, -0.05) is 114 Å². The zero-order chi connectivity index (χ0) is 42.0. The van der Waals surface area contributed by atoms with Gasteiger partial charge in [-0.25, -0.2) is 0 Å². The van der Waals surface area contributed by atoms with Crippen molar-refractivity contribution >= 4 is 56.6 Å². The predicted octanol–water partition coefficient (Wildman–Crippen LogP) is 15.9. The molecule has 6 aromatic rings. The number of rotatable bonds is 18. The standard InChI is InChI=1S/C48H60N9P3/c1-7-37-13-25-43(26-14-37)49-58(50-44-27-15-38(8-2)16-28-44)55-59(51-45-29-17-39(9-3)18-30-45,52-46-31-19-40(10-4)20-32-46)57-60(56-58,53-47-33-21-41(11-5)22-34-47)54-48-35-23-42(12-6)24-36-48/h13-36,49-54H,7-12H2,1-6H3. The van der Waals surface area contributed by atoms with Gasteiger partial charge < -0.3 is 30.5 Å². The average Bonchev–Trinajstić information content (AvgIpc) is 3.27. The Morgan fingerprint density at radius 2 is 0.383 bits per heavy atom. The van der Waals surface area contributed by atoms with Crippen molar-refractivity contribution in [1.29, 1.82) is 0 Å². The van der Waals surface area contributed by atoms with E-state index < -0.39 is 22.5 Å². The van der Waals surface area contributed by atoms with Gasteiger partial charge in [-0.15, -0.1) is 0 Å². The monoisotopic (exact) mass is 855 g/mol. The number of nitrogens with one attached hydrogen (secondary N) is 6. The molecule has 0 bridgehead atoms. The normalized spacial score (nSPS) is 14.7. The molecule has 0 unspecified atom stereocenters. The second kappa shape index (κ2) is 19.5. The molecule has 0 fully saturated rings. The highest BCUT2D eigenvalue weighted by atomic mass is 31.3. The fourth-order valence-electron chi connectivity index (χ4n) is 6.94. The molecule has 0 spiro atoms. The highest BCUT2D eigenvalue weighted by Gasteiger charge is 2.39. The van der Waals surface area contributed by atoms with Crippen molar-refractivity contribution in [3.8, 4) is 0 Å². The van der Waals surface area contributed by atoms with Gasteiger partial charge in [-0.3, -0.25) is 0 Å². The molecule has 0 aliphatic carbocycles. The maximum atomic E-state index is 5.92. The molecular weight excluding hydrogens is 796 g/mol. The van der Waals surface area contributed by atoms with Crippen molar-refractivity contribution < 1.29 is 0 Å². The van der Waals surface area contributed by atoms with E-state index in [0.29, 0.717) is 0 Å². The Hall–Kier alpha value is -5.19. The molecule has 9 nitrogen and oxygen atoms in total. The Balaban J connectivity index is 1.55. The first-order valence-electron chi connectivity index (χ1n) is 21.3. The van der Waals surface area contributed by atoms with Gasteiger partial charge in [-0.2, -0.15) is 13.5 Å². The van der Waals surface area contributed by atoms with E-state index in [9.17, 15) is 0 Å². The third-order valence-electron chi connectivity index (χ3n) is 10.7. The van der Waals surface area contributed by atoms with Crippen LogP contribution in [0.25, 0.3) is 0 Å². The molecule has 60 heavy (non-hydrogen) atoms. The minimum absolute atomic E-state index is 0.919. The molecule has 1 aliphatic heterocycles. The summed E-state index contributed by atoms with van der Waals surface area (Å²) in [5.74, 6) is 0. The number of hydrogen-bond donors (Lipinski definition) is 6. The number of aryl methyl sites for hydroxylation is 6. The Bertz CT molecular complexity index is 2040. The Labute approximate surface area is 358 Å². The van der Waals surface area contributed by atoms with E-state index in [0.717, 1.165) is 72.6 Å². The lowest BCUT2D eigenvalue weighted by atomic mass is 10.2. The summed E-state index contributed by atoms with van der Waals surface area (Å²) in [6, 6.07) is 51.8. The second-order valence-corrected chi connectivity index (χ2v) is 22.1. The molecule has 0 aromatic heterocycles. The van der Waals surface area contributed by atoms with Crippen LogP contribution >= 0.6 is 22.5 Å². The minimum atomic E-state index is -3.23. The van der Waals surface area contributed by atoms with Crippen molar-refractivity contribution in [2.75, 3.05) is 30.5 Å². The summed E-state index contributed by atoms with van der Waals surface area (Å²) in [4.78, 5) is 0. The maximum Gasteiger partial charge on any atom is 0.268 e. The molecule has 6 N–H and O–H groups in total. The molecule has 0 radical (unpaired) electrons. The highest BCUT2D eigenvalue weighted by Crippen LogP contribution is 2.76. The number of nitrogens with zero attached hydrogens (tertiary/aromatic N) is 3. The van der Waals surface area contributed by atoms with Gasteiger partial charge in [0.15, 0.2) is 0 Å². The van der Waals surface area contributed by atoms with Gasteiger partial charge in [-0.05, 0) is 145 Å². The Morgan fingerprint density at radius 3 is 0.500 bits per heavy atom. The lowest BCUT2D eigenvalue weighted by molar-refractivity contribution is 1.14. The van der Waals surface area contributed by atoms with Crippen molar-refractivity contribution in [1.82, 2.24) is 0 Å². The van der Waals surface area contributed by atoms with E-state index >= 15 is 0 Å². The summed E-state index contributed by atoms with van der Waals surface area (Å²) in [7, 11) is -9.69. The van der Waals surface area contributed by atoms with Crippen LogP contribution in [-0.2, 0) is 38.5 Å². The van der Waals surface area contributed by atoms with Gasteiger partial charge in [0.2, 0.25) is 0 Å². The van der Waals surface area contributed by atoms with E-state index in [1.807, 2.05) is 0 Å². The van der Waals surface area contributed by atoms with Gasteiger partial charge >= 0.3 is 0 Å². The van der Waals surface area contributed by atoms with Gasteiger partial charge in [0.25, 0.3) is 22.5 Å². The molecule has 0 atom stereocenters. The van der Waals surface area contributed by atoms with Crippen LogP contribution in [0, 0.1) is 0 Å². The first-order chi connectivity index (χ1) is 29.2. The average molecular weight is 856 g/mol. The van der Waals surface area contributed by atoms with Crippen LogP contribution in [0.5, 0.6) is 0 Å². The molecule has 6 aromatic carbocycles. The molecule has 12 heteroatoms. The van der Waals surface area contributed by atoms with Crippen molar-refractivity contribution in [2.45, 2.75) is 80.1 Å². The lowest BCUT2D eigenvalue weighted by Crippen LogP contribution is -2.16. The molecule has 0 saturated heterocycles. The largest absolute Gasteiger partial charge is 0.319 e. The van der Waals surface area contributed by atoms with Crippen molar-refractivity contribution in [3.63, 3.8) is 0 Å². The van der Waals surface area contributed by atoms with Crippen LogP contribution in [0.4, 0.5) is 34.1 Å². The van der Waals surface area contributed by atoms with E-state index in [1.54, 1.807) is 0 Å². The summed E-state index contributed by atoms with van der Waals surface area (Å²) in [6.07, 6.45) is 5.68. The summed E-state index contributed by atoms with van der Waals surface area (Å²) in [6.45, 7) is 13.1. The molecule has 1 aliphatic rings. The quantitative estimate of drug-likeness (QED) is 0.0481. The van der Waals surface area contributed by atoms with Gasteiger partial charge in [0.05, 0.1) is 0 Å². The van der Waals surface area contributed by atoms with Crippen LogP contribution in [0.2, 0.25) is 0 Å². The van der Waals surface area contributed by atoms with Gasteiger partial charge in [0, 0.05) is 34.1 Å². The summed E-state index contributed by atoms with van der Waals surface area (Å²) >= 11 is 0. The van der Waals surface area contributed by atoms with Crippen molar-refractivity contribution in [2.24, 2.45) is 13.5 Å². The fourth-order valence-corrected chi connectivity index (χ4v) is 18.2. The first kappa shape index (κ1) is 42.9. The minimum Gasteiger partial charge on any atom is -0.319 e. The molecule has 1 heterocycles. The molecular formula is C48H60N9P3. The van der Waals surface area contributed by atoms with Gasteiger partial charge in [0.1, 0.15) is 0 Å². The molecule has 312 valence electrons. The summed E-state index contributed by atoms with van der Waals surface area (Å²) in [5, 5.41) is 23.7. The lowest BCUT2D eigenvalue weighted by Gasteiger charge is -2.38. The number of benzene rings is 6. The van der Waals surface area contributed by atoms with E-state index in [2.05, 4.69) is 218 Å². The Kier molecular flexibility index (Phi) is 13.9. The van der Waals surface area contributed by atoms with E-state index in [4.69, 9.17) is 13.5 Å². The SMILES string of the molecule is CCc1ccc(NP2(Nc3ccc(CC)cc3)=NP(Nc3ccc(CC)cc3)(Nc3ccc(CC)cc3)=NP(Nc3ccc(CC)cc3)(Nc3ccc(CC)cc3)=N2)cc1. The number of hydrogen-bond acceptors (Lipinski definition) is 9. The topological polar surface area (TPSA) is 109 Å². The third-order valence-corrected chi connectivity index (χ3v) is 20.3. The van der Waals surface area contributed by atoms with Crippen LogP contribution < -0.4 is 30.5 Å². The summed E-state index contributed by atoms with van der Waals surface area (Å²) < 4.78 is 17.8. The van der Waals surface area contributed by atoms with Crippen LogP contribution in [0.15, 0.2) is 159 Å². The van der Waals surface area contributed by atoms with E-state index in [1.165, 1.54) is 33.4 Å². The first-order valence-corrected chi connectivity index (χ1v) is 26.4. The maximum absolute atomic E-state index is 5.92. The molecule has 0 saturated carbocycles. The summed E-state index contributed by atoms with van der Waals surface area (Å²) in [5.41, 5.74) is 13.1. The van der Waals surface area contributed by atoms with Crippen LogP contribution in [0.3, 0.4) is 0 Å². The molecule has 7 rings (SSSR count). The third kappa shape index (κ3) is 10.8. The highest BCUT2D eigenvalue weighted by molar-refractivity contribution is 7.89. The van der Waals surface area contributed by atoms with Crippen LogP contribution in [0.1, 0.15) is 74.9 Å². The molecule has 0 amide bonds.